The minimum Gasteiger partial charge on any atom is -0.390 e. The smallest absolute Gasteiger partial charge is 0.233 e. The van der Waals surface area contributed by atoms with E-state index in [1.165, 1.54) is 24.9 Å². The third kappa shape index (κ3) is 2.72. The SMILES string of the molecule is COC(CO)(OC)c1ccc(F)n1[C@H](C)c1ccccc1. The summed E-state index contributed by atoms with van der Waals surface area (Å²) in [5, 5.41) is 9.63. The molecule has 0 radical (unpaired) electrons. The second-order valence-corrected chi connectivity index (χ2v) is 4.82. The van der Waals surface area contributed by atoms with E-state index >= 15 is 0 Å². The molecule has 0 amide bonds. The van der Waals surface area contributed by atoms with E-state index in [1.54, 1.807) is 6.07 Å². The highest BCUT2D eigenvalue weighted by Crippen LogP contribution is 2.32. The van der Waals surface area contributed by atoms with Gasteiger partial charge in [0, 0.05) is 14.2 Å². The van der Waals surface area contributed by atoms with Gasteiger partial charge in [-0.15, -0.1) is 0 Å². The van der Waals surface area contributed by atoms with Crippen LogP contribution in [0.4, 0.5) is 4.39 Å². The molecule has 114 valence electrons. The standard InChI is InChI=1S/C16H20FNO3/c1-12(13-7-5-4-6-8-13)18-14(9-10-15(18)17)16(11-19,20-2)21-3/h4-10,12,19H,11H2,1-3H3/t12-/m1/s1. The van der Waals surface area contributed by atoms with Gasteiger partial charge in [-0.3, -0.25) is 0 Å². The molecule has 1 aromatic carbocycles. The molecule has 0 saturated heterocycles. The molecule has 1 N–H and O–H groups in total. The molecule has 0 aliphatic carbocycles. The Bertz CT molecular complexity index is 570. The number of benzene rings is 1. The van der Waals surface area contributed by atoms with Crippen LogP contribution in [-0.4, -0.2) is 30.5 Å². The molecule has 21 heavy (non-hydrogen) atoms. The first kappa shape index (κ1) is 15.7. The van der Waals surface area contributed by atoms with Crippen molar-refractivity contribution in [2.45, 2.75) is 18.8 Å². The predicted molar refractivity (Wildman–Crippen MR) is 77.4 cm³/mol. The van der Waals surface area contributed by atoms with Crippen molar-refractivity contribution in [3.8, 4) is 0 Å². The van der Waals surface area contributed by atoms with Gasteiger partial charge in [0.2, 0.25) is 5.79 Å². The van der Waals surface area contributed by atoms with Gasteiger partial charge in [-0.1, -0.05) is 30.3 Å². The van der Waals surface area contributed by atoms with Crippen LogP contribution in [0.15, 0.2) is 42.5 Å². The molecule has 1 atom stereocenters. The maximum absolute atomic E-state index is 14.3. The summed E-state index contributed by atoms with van der Waals surface area (Å²) in [7, 11) is 2.84. The zero-order valence-electron chi connectivity index (χ0n) is 12.4. The lowest BCUT2D eigenvalue weighted by Crippen LogP contribution is -2.38. The molecule has 0 unspecified atom stereocenters. The molecule has 1 aromatic heterocycles. The molecule has 2 aromatic rings. The first-order valence-electron chi connectivity index (χ1n) is 6.73. The maximum atomic E-state index is 14.3. The van der Waals surface area contributed by atoms with Crippen molar-refractivity contribution in [2.24, 2.45) is 0 Å². The maximum Gasteiger partial charge on any atom is 0.233 e. The molecule has 0 fully saturated rings. The fourth-order valence-corrected chi connectivity index (χ4v) is 2.51. The number of ether oxygens (including phenoxy) is 2. The Morgan fingerprint density at radius 3 is 2.29 bits per heavy atom. The van der Waals surface area contributed by atoms with Crippen molar-refractivity contribution in [3.05, 3.63) is 59.7 Å². The number of aromatic nitrogens is 1. The Hall–Kier alpha value is -1.69. The first-order valence-corrected chi connectivity index (χ1v) is 6.73. The average molecular weight is 293 g/mol. The van der Waals surface area contributed by atoms with Gasteiger partial charge >= 0.3 is 0 Å². The topological polar surface area (TPSA) is 43.6 Å². The van der Waals surface area contributed by atoms with Crippen molar-refractivity contribution < 1.29 is 19.0 Å². The van der Waals surface area contributed by atoms with Crippen molar-refractivity contribution in [3.63, 3.8) is 0 Å². The number of nitrogens with zero attached hydrogens (tertiary/aromatic N) is 1. The second-order valence-electron chi connectivity index (χ2n) is 4.82. The van der Waals surface area contributed by atoms with Crippen LogP contribution in [0.2, 0.25) is 0 Å². The van der Waals surface area contributed by atoms with Gasteiger partial charge in [0.15, 0.2) is 5.95 Å². The van der Waals surface area contributed by atoms with Crippen LogP contribution >= 0.6 is 0 Å². The fourth-order valence-electron chi connectivity index (χ4n) is 2.51. The van der Waals surface area contributed by atoms with Gasteiger partial charge in [-0.25, -0.2) is 0 Å². The number of hydrogen-bond acceptors (Lipinski definition) is 3. The highest BCUT2D eigenvalue weighted by Gasteiger charge is 2.36. The Morgan fingerprint density at radius 1 is 1.14 bits per heavy atom. The molecular weight excluding hydrogens is 273 g/mol. The lowest BCUT2D eigenvalue weighted by atomic mass is 10.1. The van der Waals surface area contributed by atoms with Crippen LogP contribution < -0.4 is 0 Å². The third-order valence-corrected chi connectivity index (χ3v) is 3.80. The van der Waals surface area contributed by atoms with E-state index in [0.717, 1.165) is 5.56 Å². The Morgan fingerprint density at radius 2 is 1.76 bits per heavy atom. The Balaban J connectivity index is 2.53. The minimum atomic E-state index is -1.38. The van der Waals surface area contributed by atoms with E-state index in [1.807, 2.05) is 37.3 Å². The summed E-state index contributed by atoms with van der Waals surface area (Å²) in [6.07, 6.45) is 0. The summed E-state index contributed by atoms with van der Waals surface area (Å²) in [4.78, 5) is 0. The summed E-state index contributed by atoms with van der Waals surface area (Å²) >= 11 is 0. The summed E-state index contributed by atoms with van der Waals surface area (Å²) in [5.74, 6) is -1.79. The fraction of sp³-hybridized carbons (Fsp3) is 0.375. The zero-order chi connectivity index (χ0) is 15.5. The van der Waals surface area contributed by atoms with Gasteiger partial charge in [0.05, 0.1) is 11.7 Å². The van der Waals surface area contributed by atoms with Crippen LogP contribution in [0.5, 0.6) is 0 Å². The number of halogens is 1. The lowest BCUT2D eigenvalue weighted by Gasteiger charge is -2.31. The molecule has 2 rings (SSSR count). The zero-order valence-corrected chi connectivity index (χ0v) is 12.4. The Labute approximate surface area is 123 Å². The monoisotopic (exact) mass is 293 g/mol. The van der Waals surface area contributed by atoms with Crippen molar-refractivity contribution in [1.29, 1.82) is 0 Å². The number of aliphatic hydroxyl groups excluding tert-OH is 1. The molecule has 5 heteroatoms. The average Bonchev–Trinajstić information content (AvgIpc) is 2.92. The third-order valence-electron chi connectivity index (χ3n) is 3.80. The molecule has 0 aliphatic heterocycles. The second kappa shape index (κ2) is 6.39. The molecule has 4 nitrogen and oxygen atoms in total. The Kier molecular flexibility index (Phi) is 4.77. The van der Waals surface area contributed by atoms with E-state index in [4.69, 9.17) is 9.47 Å². The number of hydrogen-bond donors (Lipinski definition) is 1. The van der Waals surface area contributed by atoms with Gasteiger partial charge in [0.1, 0.15) is 6.61 Å². The molecule has 0 bridgehead atoms. The quantitative estimate of drug-likeness (QED) is 0.833. The number of aliphatic hydroxyl groups is 1. The summed E-state index contributed by atoms with van der Waals surface area (Å²) in [5.41, 5.74) is 1.39. The van der Waals surface area contributed by atoms with Crippen molar-refractivity contribution >= 4 is 0 Å². The normalized spacial score (nSPS) is 13.4. The summed E-state index contributed by atoms with van der Waals surface area (Å²) in [6, 6.07) is 12.2. The predicted octanol–water partition coefficient (Wildman–Crippen LogP) is 2.67. The molecular formula is C16H20FNO3. The van der Waals surface area contributed by atoms with Crippen molar-refractivity contribution in [2.75, 3.05) is 20.8 Å². The molecule has 0 saturated carbocycles. The van der Waals surface area contributed by atoms with Gasteiger partial charge in [-0.2, -0.15) is 4.39 Å². The van der Waals surface area contributed by atoms with E-state index in [0.29, 0.717) is 5.69 Å². The van der Waals surface area contributed by atoms with E-state index in [9.17, 15) is 9.50 Å². The number of methoxy groups -OCH3 is 2. The summed E-state index contributed by atoms with van der Waals surface area (Å²) < 4.78 is 26.3. The van der Waals surface area contributed by atoms with Gasteiger partial charge < -0.3 is 19.1 Å². The molecule has 0 spiro atoms. The van der Waals surface area contributed by atoms with E-state index in [2.05, 4.69) is 0 Å². The molecule has 0 aliphatic rings. The summed E-state index contributed by atoms with van der Waals surface area (Å²) in [6.45, 7) is 1.47. The van der Waals surface area contributed by atoms with Gasteiger partial charge in [-0.05, 0) is 24.6 Å². The van der Waals surface area contributed by atoms with Crippen molar-refractivity contribution in [1.82, 2.24) is 4.57 Å². The molecule has 1 heterocycles. The minimum absolute atomic E-state index is 0.257. The van der Waals surface area contributed by atoms with Crippen LogP contribution in [0.3, 0.4) is 0 Å². The lowest BCUT2D eigenvalue weighted by molar-refractivity contribution is -0.240. The van der Waals surface area contributed by atoms with E-state index < -0.39 is 18.3 Å². The van der Waals surface area contributed by atoms with Gasteiger partial charge in [0.25, 0.3) is 0 Å². The number of rotatable bonds is 6. The van der Waals surface area contributed by atoms with E-state index in [-0.39, 0.29) is 6.04 Å². The van der Waals surface area contributed by atoms with Crippen LogP contribution in [0.1, 0.15) is 24.2 Å². The van der Waals surface area contributed by atoms with Crippen LogP contribution in [-0.2, 0) is 15.3 Å². The van der Waals surface area contributed by atoms with Crippen LogP contribution in [0, 0.1) is 5.95 Å². The highest BCUT2D eigenvalue weighted by molar-refractivity contribution is 5.24. The first-order chi connectivity index (χ1) is 10.1. The largest absolute Gasteiger partial charge is 0.390 e. The van der Waals surface area contributed by atoms with Crippen LogP contribution in [0.25, 0.3) is 0 Å². The highest BCUT2D eigenvalue weighted by atomic mass is 19.1.